The summed E-state index contributed by atoms with van der Waals surface area (Å²) >= 11 is 0. The second-order valence-electron chi connectivity index (χ2n) is 19.9. The number of fused-ring (bicyclic) bond motifs is 3. The number of rotatable bonds is 9. The van der Waals surface area contributed by atoms with Gasteiger partial charge in [-0.25, -0.2) is 0 Å². The topological polar surface area (TPSA) is 3.24 Å². The van der Waals surface area contributed by atoms with Crippen molar-refractivity contribution in [1.29, 1.82) is 0 Å². The van der Waals surface area contributed by atoms with E-state index in [0.717, 1.165) is 17.8 Å². The minimum atomic E-state index is -2.70. The minimum Gasteiger partial charge on any atom is -0.310 e. The van der Waals surface area contributed by atoms with Crippen molar-refractivity contribution >= 4 is 45.9 Å². The Labute approximate surface area is 375 Å². The average molecular weight is 830 g/mol. The zero-order valence-electron chi connectivity index (χ0n) is 36.6. The summed E-state index contributed by atoms with van der Waals surface area (Å²) < 4.78 is 0. The van der Waals surface area contributed by atoms with Crippen LogP contribution in [0.2, 0.25) is 0 Å². The van der Waals surface area contributed by atoms with Crippen LogP contribution in [-0.2, 0) is 10.8 Å². The monoisotopic (exact) mass is 829 g/mol. The molecular weight excluding hydrogens is 775 g/mol. The number of hydrogen-bond donors (Lipinski definition) is 0. The Hall–Kier alpha value is -6.22. The van der Waals surface area contributed by atoms with E-state index in [2.05, 4.69) is 225 Å². The Kier molecular flexibility index (Phi) is 9.13. The molecule has 2 heteroatoms. The predicted molar refractivity (Wildman–Crippen MR) is 268 cm³/mol. The molecule has 4 saturated carbocycles. The van der Waals surface area contributed by atoms with Crippen LogP contribution in [0.3, 0.4) is 0 Å². The van der Waals surface area contributed by atoms with Crippen molar-refractivity contribution in [2.24, 2.45) is 17.8 Å². The van der Waals surface area contributed by atoms with Crippen molar-refractivity contribution in [3.05, 3.63) is 223 Å². The van der Waals surface area contributed by atoms with E-state index < -0.39 is 8.07 Å². The third-order valence-electron chi connectivity index (χ3n) is 16.0. The van der Waals surface area contributed by atoms with Crippen molar-refractivity contribution < 1.29 is 0 Å². The molecule has 4 bridgehead atoms. The van der Waals surface area contributed by atoms with Crippen molar-refractivity contribution in [1.82, 2.24) is 0 Å². The standard InChI is InChI=1S/C61H55NSi/c1-60(2)57-26-16-15-25-55(57)59-56(46-17-7-3-8-18-46)38-50(39-58(59)60)62(48-29-27-47(28-30-48)61-40-43-35-44(41-61)37-45(36-43)42-61)49-31-33-54(34-32-49)63(51-19-9-4-10-20-51,52-21-11-5-12-22-52)53-23-13-6-14-24-53/h3-34,38-39,43-45H,35-37,40-42H2,1-2H3. The smallest absolute Gasteiger partial charge is 0.179 e. The summed E-state index contributed by atoms with van der Waals surface area (Å²) in [6.07, 6.45) is 8.52. The highest BCUT2D eigenvalue weighted by atomic mass is 28.3. The lowest BCUT2D eigenvalue weighted by atomic mass is 9.48. The van der Waals surface area contributed by atoms with Crippen LogP contribution in [0.5, 0.6) is 0 Å². The van der Waals surface area contributed by atoms with Gasteiger partial charge >= 0.3 is 0 Å². The highest BCUT2D eigenvalue weighted by Crippen LogP contribution is 2.61. The van der Waals surface area contributed by atoms with Gasteiger partial charge in [-0.3, -0.25) is 0 Å². The van der Waals surface area contributed by atoms with Gasteiger partial charge in [0.05, 0.1) is 0 Å². The van der Waals surface area contributed by atoms with E-state index in [-0.39, 0.29) is 5.41 Å². The van der Waals surface area contributed by atoms with Crippen LogP contribution in [0.25, 0.3) is 22.3 Å². The first kappa shape index (κ1) is 38.5. The fourth-order valence-electron chi connectivity index (χ4n) is 13.6. The molecule has 0 radical (unpaired) electrons. The molecule has 5 aliphatic carbocycles. The molecule has 1 nitrogen and oxygen atoms in total. The van der Waals surface area contributed by atoms with Crippen LogP contribution >= 0.6 is 0 Å². The van der Waals surface area contributed by atoms with Crippen molar-refractivity contribution in [2.75, 3.05) is 4.90 Å². The van der Waals surface area contributed by atoms with Crippen LogP contribution < -0.4 is 25.6 Å². The van der Waals surface area contributed by atoms with Crippen LogP contribution in [0, 0.1) is 17.8 Å². The molecule has 63 heavy (non-hydrogen) atoms. The lowest BCUT2D eigenvalue weighted by Crippen LogP contribution is -2.74. The Bertz CT molecular complexity index is 2790. The second kappa shape index (κ2) is 15.0. The van der Waals surface area contributed by atoms with E-state index in [1.165, 1.54) is 110 Å². The van der Waals surface area contributed by atoms with E-state index in [0.29, 0.717) is 5.41 Å². The Balaban J connectivity index is 1.05. The maximum absolute atomic E-state index is 2.70. The van der Waals surface area contributed by atoms with E-state index >= 15 is 0 Å². The number of hydrogen-bond acceptors (Lipinski definition) is 1. The molecule has 308 valence electrons. The van der Waals surface area contributed by atoms with E-state index in [4.69, 9.17) is 0 Å². The molecule has 8 aromatic rings. The van der Waals surface area contributed by atoms with E-state index in [1.807, 2.05) is 0 Å². The lowest BCUT2D eigenvalue weighted by molar-refractivity contribution is -0.00518. The minimum absolute atomic E-state index is 0.157. The summed E-state index contributed by atoms with van der Waals surface area (Å²) in [4.78, 5) is 2.55. The molecule has 0 unspecified atom stereocenters. The Morgan fingerprint density at radius 1 is 0.413 bits per heavy atom. The van der Waals surface area contributed by atoms with Gasteiger partial charge in [-0.05, 0) is 158 Å². The quantitative estimate of drug-likeness (QED) is 0.103. The molecule has 13 rings (SSSR count). The summed E-state index contributed by atoms with van der Waals surface area (Å²) in [5, 5.41) is 5.54. The zero-order chi connectivity index (χ0) is 42.2. The molecule has 0 heterocycles. The SMILES string of the molecule is CC1(C)c2ccccc2-c2c(-c3ccccc3)cc(N(c3ccc(C45CC6CC(CC(C6)C4)C5)cc3)c3ccc([Si](c4ccccc4)(c4ccccc4)c4ccccc4)cc3)cc21. The third-order valence-corrected chi connectivity index (χ3v) is 20.8. The van der Waals surface area contributed by atoms with E-state index in [1.54, 1.807) is 5.56 Å². The van der Waals surface area contributed by atoms with Gasteiger partial charge in [-0.2, -0.15) is 0 Å². The summed E-state index contributed by atoms with van der Waals surface area (Å²) in [5.74, 6) is 2.75. The average Bonchev–Trinajstić information content (AvgIpc) is 3.56. The van der Waals surface area contributed by atoms with Gasteiger partial charge in [-0.15, -0.1) is 0 Å². The van der Waals surface area contributed by atoms with Gasteiger partial charge < -0.3 is 4.90 Å². The summed E-state index contributed by atoms with van der Waals surface area (Å²) in [7, 11) is -2.70. The molecule has 0 N–H and O–H groups in total. The molecule has 0 amide bonds. The Morgan fingerprint density at radius 2 is 0.857 bits per heavy atom. The van der Waals surface area contributed by atoms with Crippen LogP contribution in [0.1, 0.15) is 69.1 Å². The molecule has 8 aromatic carbocycles. The third kappa shape index (κ3) is 6.16. The van der Waals surface area contributed by atoms with Crippen molar-refractivity contribution in [3.63, 3.8) is 0 Å². The number of anilines is 3. The Morgan fingerprint density at radius 3 is 1.38 bits per heavy atom. The first-order chi connectivity index (χ1) is 30.9. The first-order valence-electron chi connectivity index (χ1n) is 23.4. The van der Waals surface area contributed by atoms with Crippen LogP contribution in [-0.4, -0.2) is 8.07 Å². The van der Waals surface area contributed by atoms with Gasteiger partial charge in [-0.1, -0.05) is 184 Å². The lowest BCUT2D eigenvalue weighted by Gasteiger charge is -2.57. The molecule has 0 atom stereocenters. The summed E-state index contributed by atoms with van der Waals surface area (Å²) in [6, 6.07) is 78.7. The summed E-state index contributed by atoms with van der Waals surface area (Å²) in [6.45, 7) is 4.83. The largest absolute Gasteiger partial charge is 0.310 e. The molecular formula is C61H55NSi. The number of benzene rings is 8. The second-order valence-corrected chi connectivity index (χ2v) is 23.7. The molecule has 5 aliphatic rings. The maximum atomic E-state index is 2.55. The fraction of sp³-hybridized carbons (Fsp3) is 0.213. The maximum Gasteiger partial charge on any atom is 0.179 e. The highest BCUT2D eigenvalue weighted by molar-refractivity contribution is 7.19. The number of nitrogens with zero attached hydrogens (tertiary/aromatic N) is 1. The van der Waals surface area contributed by atoms with Crippen LogP contribution in [0.4, 0.5) is 17.1 Å². The molecule has 0 aliphatic heterocycles. The van der Waals surface area contributed by atoms with Gasteiger partial charge in [0.25, 0.3) is 0 Å². The van der Waals surface area contributed by atoms with Crippen molar-refractivity contribution in [3.8, 4) is 22.3 Å². The normalized spacial score (nSPS) is 21.5. The first-order valence-corrected chi connectivity index (χ1v) is 25.4. The molecule has 0 aromatic heterocycles. The van der Waals surface area contributed by atoms with Gasteiger partial charge in [0.2, 0.25) is 0 Å². The van der Waals surface area contributed by atoms with E-state index in [9.17, 15) is 0 Å². The fourth-order valence-corrected chi connectivity index (χ4v) is 18.3. The molecule has 0 spiro atoms. The van der Waals surface area contributed by atoms with Crippen LogP contribution in [0.15, 0.2) is 206 Å². The summed E-state index contributed by atoms with van der Waals surface area (Å²) in [5.41, 5.74) is 13.4. The highest BCUT2D eigenvalue weighted by Gasteiger charge is 2.51. The van der Waals surface area contributed by atoms with Gasteiger partial charge in [0.15, 0.2) is 8.07 Å². The van der Waals surface area contributed by atoms with Gasteiger partial charge in [0.1, 0.15) is 0 Å². The molecule has 0 saturated heterocycles. The zero-order valence-corrected chi connectivity index (χ0v) is 37.6. The predicted octanol–water partition coefficient (Wildman–Crippen LogP) is 13.0. The van der Waals surface area contributed by atoms with Gasteiger partial charge in [0, 0.05) is 22.5 Å². The molecule has 4 fully saturated rings. The van der Waals surface area contributed by atoms with Crippen molar-refractivity contribution in [2.45, 2.75) is 63.2 Å².